The van der Waals surface area contributed by atoms with E-state index < -0.39 is 0 Å². The molecule has 1 aromatic rings. The lowest BCUT2D eigenvalue weighted by Gasteiger charge is -2.27. The molecule has 1 fully saturated rings. The van der Waals surface area contributed by atoms with E-state index in [1.165, 1.54) is 5.56 Å². The molecular formula is C16H24N2O3. The molecule has 1 atom stereocenters. The Hall–Kier alpha value is -1.59. The molecule has 1 aromatic carbocycles. The predicted molar refractivity (Wildman–Crippen MR) is 81.6 cm³/mol. The van der Waals surface area contributed by atoms with Crippen molar-refractivity contribution in [3.63, 3.8) is 0 Å². The largest absolute Gasteiger partial charge is 0.497 e. The molecule has 0 radical (unpaired) electrons. The zero-order valence-corrected chi connectivity index (χ0v) is 12.8. The average Bonchev–Trinajstić information content (AvgIpc) is 2.55. The van der Waals surface area contributed by atoms with Crippen LogP contribution in [0.25, 0.3) is 0 Å². The minimum Gasteiger partial charge on any atom is -0.497 e. The second kappa shape index (κ2) is 8.00. The normalized spacial score (nSPS) is 18.3. The summed E-state index contributed by atoms with van der Waals surface area (Å²) in [6, 6.07) is 7.87. The first kappa shape index (κ1) is 15.8. The van der Waals surface area contributed by atoms with Gasteiger partial charge in [0.2, 0.25) is 5.91 Å². The number of hydrogen-bond donors (Lipinski definition) is 1. The molecule has 5 nitrogen and oxygen atoms in total. The molecule has 21 heavy (non-hydrogen) atoms. The molecule has 0 aliphatic carbocycles. The minimum atomic E-state index is -0.190. The van der Waals surface area contributed by atoms with Gasteiger partial charge in [-0.2, -0.15) is 0 Å². The van der Waals surface area contributed by atoms with Crippen LogP contribution in [0.15, 0.2) is 24.3 Å². The molecule has 1 saturated heterocycles. The standard InChI is InChI=1S/C16H24N2O3/c1-18(16(19)15-12-21-11-9-17-15)10-3-4-13-5-7-14(20-2)8-6-13/h5-8,15,17H,3-4,9-12H2,1-2H3. The third-order valence-corrected chi connectivity index (χ3v) is 3.71. The molecule has 1 unspecified atom stereocenters. The van der Waals surface area contributed by atoms with E-state index in [1.54, 1.807) is 12.0 Å². The number of carbonyl (C=O) groups excluding carboxylic acids is 1. The molecule has 5 heteroatoms. The van der Waals surface area contributed by atoms with Gasteiger partial charge in [0, 0.05) is 20.1 Å². The number of nitrogens with zero attached hydrogens (tertiary/aromatic N) is 1. The van der Waals surface area contributed by atoms with Gasteiger partial charge in [0.25, 0.3) is 0 Å². The highest BCUT2D eigenvalue weighted by Gasteiger charge is 2.23. The van der Waals surface area contributed by atoms with Crippen LogP contribution in [0.5, 0.6) is 5.75 Å². The molecule has 0 saturated carbocycles. The Kier molecular flexibility index (Phi) is 6.02. The third kappa shape index (κ3) is 4.72. The van der Waals surface area contributed by atoms with Crippen LogP contribution >= 0.6 is 0 Å². The second-order valence-electron chi connectivity index (χ2n) is 5.29. The Balaban J connectivity index is 1.72. The van der Waals surface area contributed by atoms with Crippen molar-refractivity contribution in [1.82, 2.24) is 10.2 Å². The summed E-state index contributed by atoms with van der Waals surface area (Å²) in [4.78, 5) is 14.0. The van der Waals surface area contributed by atoms with Gasteiger partial charge in [-0.25, -0.2) is 0 Å². The molecule has 1 amide bonds. The van der Waals surface area contributed by atoms with Crippen LogP contribution < -0.4 is 10.1 Å². The first-order chi connectivity index (χ1) is 10.2. The number of rotatable bonds is 6. The van der Waals surface area contributed by atoms with Crippen LogP contribution in [-0.2, 0) is 16.0 Å². The Morgan fingerprint density at radius 1 is 1.43 bits per heavy atom. The van der Waals surface area contributed by atoms with Crippen LogP contribution in [0, 0.1) is 0 Å². The minimum absolute atomic E-state index is 0.115. The fourth-order valence-electron chi connectivity index (χ4n) is 2.41. The summed E-state index contributed by atoms with van der Waals surface area (Å²) in [5, 5.41) is 3.19. The first-order valence-electron chi connectivity index (χ1n) is 7.39. The number of methoxy groups -OCH3 is 1. The summed E-state index contributed by atoms with van der Waals surface area (Å²) >= 11 is 0. The third-order valence-electron chi connectivity index (χ3n) is 3.71. The highest BCUT2D eigenvalue weighted by molar-refractivity contribution is 5.81. The van der Waals surface area contributed by atoms with Gasteiger partial charge in [-0.1, -0.05) is 12.1 Å². The molecule has 1 aliphatic rings. The van der Waals surface area contributed by atoms with Gasteiger partial charge in [-0.05, 0) is 30.5 Å². The molecular weight excluding hydrogens is 268 g/mol. The molecule has 0 bridgehead atoms. The number of benzene rings is 1. The maximum absolute atomic E-state index is 12.2. The Morgan fingerprint density at radius 3 is 2.81 bits per heavy atom. The second-order valence-corrected chi connectivity index (χ2v) is 5.29. The van der Waals surface area contributed by atoms with Gasteiger partial charge in [0.15, 0.2) is 0 Å². The number of aryl methyl sites for hydroxylation is 1. The number of morpholine rings is 1. The Labute approximate surface area is 126 Å². The fraction of sp³-hybridized carbons (Fsp3) is 0.562. The van der Waals surface area contributed by atoms with Gasteiger partial charge in [0.05, 0.1) is 20.3 Å². The van der Waals surface area contributed by atoms with E-state index in [1.807, 2.05) is 19.2 Å². The number of carbonyl (C=O) groups is 1. The summed E-state index contributed by atoms with van der Waals surface area (Å²) < 4.78 is 10.5. The van der Waals surface area contributed by atoms with Crippen molar-refractivity contribution in [3.05, 3.63) is 29.8 Å². The zero-order chi connectivity index (χ0) is 15.1. The van der Waals surface area contributed by atoms with E-state index >= 15 is 0 Å². The maximum atomic E-state index is 12.2. The highest BCUT2D eigenvalue weighted by Crippen LogP contribution is 2.12. The summed E-state index contributed by atoms with van der Waals surface area (Å²) in [5.74, 6) is 0.985. The topological polar surface area (TPSA) is 50.8 Å². The lowest BCUT2D eigenvalue weighted by atomic mass is 10.1. The lowest BCUT2D eigenvalue weighted by molar-refractivity contribution is -0.135. The number of likely N-dealkylation sites (N-methyl/N-ethyl adjacent to an activating group) is 1. The van der Waals surface area contributed by atoms with Gasteiger partial charge < -0.3 is 19.7 Å². The van der Waals surface area contributed by atoms with E-state index in [0.29, 0.717) is 13.2 Å². The summed E-state index contributed by atoms with van der Waals surface area (Å²) in [7, 11) is 3.52. The number of ether oxygens (including phenoxy) is 2. The SMILES string of the molecule is COc1ccc(CCCN(C)C(=O)C2COCCN2)cc1. The van der Waals surface area contributed by atoms with Gasteiger partial charge in [-0.15, -0.1) is 0 Å². The number of nitrogens with one attached hydrogen (secondary N) is 1. The van der Waals surface area contributed by atoms with Crippen molar-refractivity contribution < 1.29 is 14.3 Å². The van der Waals surface area contributed by atoms with Crippen LogP contribution in [0.3, 0.4) is 0 Å². The van der Waals surface area contributed by atoms with Gasteiger partial charge >= 0.3 is 0 Å². The van der Waals surface area contributed by atoms with Crippen LogP contribution in [0.4, 0.5) is 0 Å². The van der Waals surface area contributed by atoms with E-state index in [2.05, 4.69) is 17.4 Å². The Bertz CT molecular complexity index is 441. The van der Waals surface area contributed by atoms with Crippen molar-refractivity contribution in [2.24, 2.45) is 0 Å². The van der Waals surface area contributed by atoms with Crippen molar-refractivity contribution in [3.8, 4) is 5.75 Å². The quantitative estimate of drug-likeness (QED) is 0.852. The summed E-state index contributed by atoms with van der Waals surface area (Å²) in [6.07, 6.45) is 1.90. The predicted octanol–water partition coefficient (Wildman–Crippen LogP) is 1.07. The maximum Gasteiger partial charge on any atom is 0.241 e. The van der Waals surface area contributed by atoms with Crippen LogP contribution in [0.1, 0.15) is 12.0 Å². The van der Waals surface area contributed by atoms with E-state index in [4.69, 9.17) is 9.47 Å². The summed E-state index contributed by atoms with van der Waals surface area (Å²) in [5.41, 5.74) is 1.26. The lowest BCUT2D eigenvalue weighted by Crippen LogP contribution is -2.51. The fourth-order valence-corrected chi connectivity index (χ4v) is 2.41. The van der Waals surface area contributed by atoms with Crippen molar-refractivity contribution in [2.45, 2.75) is 18.9 Å². The van der Waals surface area contributed by atoms with E-state index in [9.17, 15) is 4.79 Å². The van der Waals surface area contributed by atoms with Crippen molar-refractivity contribution in [2.75, 3.05) is 40.5 Å². The highest BCUT2D eigenvalue weighted by atomic mass is 16.5. The van der Waals surface area contributed by atoms with Crippen molar-refractivity contribution >= 4 is 5.91 Å². The average molecular weight is 292 g/mol. The molecule has 1 N–H and O–H groups in total. The van der Waals surface area contributed by atoms with E-state index in [-0.39, 0.29) is 11.9 Å². The summed E-state index contributed by atoms with van der Waals surface area (Å²) in [6.45, 7) is 2.66. The Morgan fingerprint density at radius 2 is 2.19 bits per heavy atom. The van der Waals surface area contributed by atoms with Crippen LogP contribution in [-0.4, -0.2) is 57.3 Å². The number of amides is 1. The van der Waals surface area contributed by atoms with Gasteiger partial charge in [0.1, 0.15) is 11.8 Å². The molecule has 0 aromatic heterocycles. The first-order valence-corrected chi connectivity index (χ1v) is 7.39. The number of hydrogen-bond acceptors (Lipinski definition) is 4. The monoisotopic (exact) mass is 292 g/mol. The van der Waals surface area contributed by atoms with Crippen LogP contribution in [0.2, 0.25) is 0 Å². The van der Waals surface area contributed by atoms with Crippen molar-refractivity contribution in [1.29, 1.82) is 0 Å². The molecule has 116 valence electrons. The van der Waals surface area contributed by atoms with Gasteiger partial charge in [-0.3, -0.25) is 4.79 Å². The van der Waals surface area contributed by atoms with E-state index in [0.717, 1.165) is 31.7 Å². The smallest absolute Gasteiger partial charge is 0.241 e. The molecule has 1 aliphatic heterocycles. The molecule has 0 spiro atoms. The zero-order valence-electron chi connectivity index (χ0n) is 12.8. The molecule has 1 heterocycles. The molecule has 2 rings (SSSR count).